The fraction of sp³-hybridized carbons (Fsp3) is 0.722. The molecule has 0 spiro atoms. The molecule has 2 aliphatic heterocycles. The van der Waals surface area contributed by atoms with Crippen molar-refractivity contribution >= 4 is 11.9 Å². The van der Waals surface area contributed by atoms with E-state index in [1.165, 1.54) is 0 Å². The average Bonchev–Trinajstić information content (AvgIpc) is 2.90. The Morgan fingerprint density at radius 2 is 2.12 bits per heavy atom. The molecule has 7 heteroatoms. The molecular weight excluding hydrogens is 320 g/mol. The van der Waals surface area contributed by atoms with Crippen LogP contribution in [0.3, 0.4) is 0 Å². The number of ether oxygens (including phenoxy) is 2. The van der Waals surface area contributed by atoms with Gasteiger partial charge in [0, 0.05) is 51.6 Å². The van der Waals surface area contributed by atoms with Gasteiger partial charge in [-0.1, -0.05) is 0 Å². The second-order valence-electron chi connectivity index (χ2n) is 7.38. The summed E-state index contributed by atoms with van der Waals surface area (Å²) in [7, 11) is 1.72. The lowest BCUT2D eigenvalue weighted by atomic mass is 9.77. The van der Waals surface area contributed by atoms with Gasteiger partial charge in [0.25, 0.3) is 0 Å². The number of aromatic nitrogens is 2. The normalized spacial score (nSPS) is 28.2. The molecule has 0 bridgehead atoms. The third-order valence-electron chi connectivity index (χ3n) is 5.89. The van der Waals surface area contributed by atoms with Crippen molar-refractivity contribution in [3.05, 3.63) is 18.5 Å². The van der Waals surface area contributed by atoms with E-state index in [0.717, 1.165) is 44.8 Å². The maximum atomic E-state index is 12.7. The van der Waals surface area contributed by atoms with E-state index in [-0.39, 0.29) is 17.6 Å². The summed E-state index contributed by atoms with van der Waals surface area (Å²) in [5.74, 6) is 1.24. The van der Waals surface area contributed by atoms with Crippen LogP contribution in [-0.2, 0) is 14.3 Å². The van der Waals surface area contributed by atoms with Gasteiger partial charge in [0.1, 0.15) is 0 Å². The largest absolute Gasteiger partial charge is 0.378 e. The molecule has 0 unspecified atom stereocenters. The zero-order valence-electron chi connectivity index (χ0n) is 14.8. The van der Waals surface area contributed by atoms with Crippen molar-refractivity contribution in [2.24, 2.45) is 5.92 Å². The number of methoxy groups -OCH3 is 1. The molecule has 1 aromatic rings. The monoisotopic (exact) mass is 346 g/mol. The smallest absolute Gasteiger partial charge is 0.225 e. The van der Waals surface area contributed by atoms with Gasteiger partial charge in [-0.3, -0.25) is 4.79 Å². The first-order valence-corrected chi connectivity index (χ1v) is 9.16. The Morgan fingerprint density at radius 1 is 1.32 bits per heavy atom. The lowest BCUT2D eigenvalue weighted by Gasteiger charge is -2.40. The minimum absolute atomic E-state index is 0.109. The van der Waals surface area contributed by atoms with E-state index in [1.807, 2.05) is 11.0 Å². The SMILES string of the molecule is COC1(CC(=O)N2C[C@@H]3CN(c4ncccn4)CCO[C@@H]3C2)CCC1. The molecule has 136 valence electrons. The first-order valence-electron chi connectivity index (χ1n) is 9.16. The molecule has 3 heterocycles. The van der Waals surface area contributed by atoms with E-state index in [9.17, 15) is 4.79 Å². The van der Waals surface area contributed by atoms with Crippen LogP contribution in [0.2, 0.25) is 0 Å². The van der Waals surface area contributed by atoms with Crippen LogP contribution in [-0.4, -0.2) is 72.4 Å². The predicted octanol–water partition coefficient (Wildman–Crippen LogP) is 1.10. The number of fused-ring (bicyclic) bond motifs is 1. The van der Waals surface area contributed by atoms with Crippen LogP contribution in [0.1, 0.15) is 25.7 Å². The first kappa shape index (κ1) is 16.7. The van der Waals surface area contributed by atoms with Gasteiger partial charge >= 0.3 is 0 Å². The summed E-state index contributed by atoms with van der Waals surface area (Å²) in [6.45, 7) is 3.69. The highest BCUT2D eigenvalue weighted by molar-refractivity contribution is 5.78. The molecule has 1 saturated carbocycles. The Morgan fingerprint density at radius 3 is 2.80 bits per heavy atom. The number of carbonyl (C=O) groups excluding carboxylic acids is 1. The number of hydrogen-bond acceptors (Lipinski definition) is 6. The molecular formula is C18H26N4O3. The van der Waals surface area contributed by atoms with Crippen molar-refractivity contribution in [2.75, 3.05) is 44.8 Å². The van der Waals surface area contributed by atoms with Gasteiger partial charge < -0.3 is 19.3 Å². The Labute approximate surface area is 148 Å². The first-order chi connectivity index (χ1) is 12.2. The number of amides is 1. The highest BCUT2D eigenvalue weighted by atomic mass is 16.5. The van der Waals surface area contributed by atoms with Crippen molar-refractivity contribution in [2.45, 2.75) is 37.4 Å². The Kier molecular flexibility index (Phi) is 4.60. The van der Waals surface area contributed by atoms with E-state index >= 15 is 0 Å². The Hall–Kier alpha value is -1.73. The second-order valence-corrected chi connectivity index (χ2v) is 7.38. The van der Waals surface area contributed by atoms with Crippen LogP contribution in [0, 0.1) is 5.92 Å². The quantitative estimate of drug-likeness (QED) is 0.813. The third kappa shape index (κ3) is 3.35. The molecule has 2 atom stereocenters. The lowest BCUT2D eigenvalue weighted by Crippen LogP contribution is -2.45. The van der Waals surface area contributed by atoms with E-state index in [0.29, 0.717) is 25.5 Å². The van der Waals surface area contributed by atoms with Crippen molar-refractivity contribution in [1.29, 1.82) is 0 Å². The van der Waals surface area contributed by atoms with Crippen molar-refractivity contribution in [1.82, 2.24) is 14.9 Å². The molecule has 3 fully saturated rings. The van der Waals surface area contributed by atoms with Gasteiger partial charge in [-0.05, 0) is 25.3 Å². The minimum Gasteiger partial charge on any atom is -0.378 e. The van der Waals surface area contributed by atoms with Crippen LogP contribution < -0.4 is 4.90 Å². The van der Waals surface area contributed by atoms with Gasteiger partial charge in [-0.15, -0.1) is 0 Å². The predicted molar refractivity (Wildman–Crippen MR) is 92.3 cm³/mol. The summed E-state index contributed by atoms with van der Waals surface area (Å²) < 4.78 is 11.6. The molecule has 3 aliphatic rings. The zero-order valence-corrected chi connectivity index (χ0v) is 14.8. The number of anilines is 1. The van der Waals surface area contributed by atoms with Gasteiger partial charge in [-0.2, -0.15) is 0 Å². The van der Waals surface area contributed by atoms with E-state index in [2.05, 4.69) is 14.9 Å². The van der Waals surface area contributed by atoms with Gasteiger partial charge in [0.15, 0.2) is 0 Å². The van der Waals surface area contributed by atoms with Crippen LogP contribution in [0.4, 0.5) is 5.95 Å². The van der Waals surface area contributed by atoms with Crippen molar-refractivity contribution in [3.8, 4) is 0 Å². The van der Waals surface area contributed by atoms with Crippen LogP contribution >= 0.6 is 0 Å². The van der Waals surface area contributed by atoms with Crippen LogP contribution in [0.15, 0.2) is 18.5 Å². The third-order valence-corrected chi connectivity index (χ3v) is 5.89. The van der Waals surface area contributed by atoms with E-state index in [1.54, 1.807) is 19.5 Å². The average molecular weight is 346 g/mol. The summed E-state index contributed by atoms with van der Waals surface area (Å²) in [5, 5.41) is 0. The Balaban J connectivity index is 1.39. The summed E-state index contributed by atoms with van der Waals surface area (Å²) in [6, 6.07) is 1.82. The molecule has 1 aromatic heterocycles. The van der Waals surface area contributed by atoms with Gasteiger partial charge in [0.2, 0.25) is 11.9 Å². The maximum absolute atomic E-state index is 12.7. The minimum atomic E-state index is -0.216. The molecule has 1 amide bonds. The molecule has 25 heavy (non-hydrogen) atoms. The molecule has 1 aliphatic carbocycles. The Bertz CT molecular complexity index is 602. The highest BCUT2D eigenvalue weighted by Crippen LogP contribution is 2.39. The zero-order chi connectivity index (χ0) is 17.3. The van der Waals surface area contributed by atoms with Gasteiger partial charge in [-0.25, -0.2) is 9.97 Å². The van der Waals surface area contributed by atoms with Crippen LogP contribution in [0.25, 0.3) is 0 Å². The van der Waals surface area contributed by atoms with E-state index < -0.39 is 0 Å². The lowest BCUT2D eigenvalue weighted by molar-refractivity contribution is -0.143. The highest BCUT2D eigenvalue weighted by Gasteiger charge is 2.43. The molecule has 0 aromatic carbocycles. The number of rotatable bonds is 4. The molecule has 2 saturated heterocycles. The fourth-order valence-corrected chi connectivity index (χ4v) is 4.15. The molecule has 0 N–H and O–H groups in total. The van der Waals surface area contributed by atoms with E-state index in [4.69, 9.17) is 9.47 Å². The number of carbonyl (C=O) groups is 1. The maximum Gasteiger partial charge on any atom is 0.225 e. The summed E-state index contributed by atoms with van der Waals surface area (Å²) >= 11 is 0. The number of hydrogen-bond donors (Lipinski definition) is 0. The van der Waals surface area contributed by atoms with Crippen molar-refractivity contribution < 1.29 is 14.3 Å². The molecule has 7 nitrogen and oxygen atoms in total. The topological polar surface area (TPSA) is 67.8 Å². The molecule has 0 radical (unpaired) electrons. The van der Waals surface area contributed by atoms with Crippen LogP contribution in [0.5, 0.6) is 0 Å². The summed E-state index contributed by atoms with van der Waals surface area (Å²) in [4.78, 5) is 25.6. The van der Waals surface area contributed by atoms with Crippen molar-refractivity contribution in [3.63, 3.8) is 0 Å². The van der Waals surface area contributed by atoms with Gasteiger partial charge in [0.05, 0.1) is 24.7 Å². The number of likely N-dealkylation sites (tertiary alicyclic amines) is 1. The standard InChI is InChI=1S/C18H26N4O3/c1-24-18(4-2-5-18)10-16(23)22-12-14-11-21(8-9-25-15(14)13-22)17-19-6-3-7-20-17/h3,6-7,14-15H,2,4-5,8-13H2,1H3/t14-,15+/m0/s1. The second kappa shape index (κ2) is 6.88. The fourth-order valence-electron chi connectivity index (χ4n) is 4.15. The summed E-state index contributed by atoms with van der Waals surface area (Å²) in [5.41, 5.74) is -0.216. The molecule has 4 rings (SSSR count). The number of nitrogens with zero attached hydrogens (tertiary/aromatic N) is 4. The summed E-state index contributed by atoms with van der Waals surface area (Å²) in [6.07, 6.45) is 7.27.